The molecule has 2 aromatic carbocycles. The van der Waals surface area contributed by atoms with Gasteiger partial charge in [-0.05, 0) is 36.3 Å². The second kappa shape index (κ2) is 6.41. The van der Waals surface area contributed by atoms with E-state index < -0.39 is 0 Å². The van der Waals surface area contributed by atoms with E-state index in [4.69, 9.17) is 9.57 Å². The van der Waals surface area contributed by atoms with Crippen LogP contribution in [0.15, 0.2) is 35.5 Å². The molecule has 0 bridgehead atoms. The highest BCUT2D eigenvalue weighted by atomic mass is 16.7. The molecule has 0 spiro atoms. The summed E-state index contributed by atoms with van der Waals surface area (Å²) < 4.78 is 5.53. The highest BCUT2D eigenvalue weighted by molar-refractivity contribution is 6.14. The molecule has 120 valence electrons. The minimum atomic E-state index is -0.303. The fourth-order valence-electron chi connectivity index (χ4n) is 2.97. The first-order valence-electron chi connectivity index (χ1n) is 7.98. The smallest absolute Gasteiger partial charge is 0.337 e. The molecule has 0 saturated carbocycles. The molecule has 3 rings (SSSR count). The van der Waals surface area contributed by atoms with Gasteiger partial charge in [0.1, 0.15) is 5.75 Å². The molecule has 0 aliphatic heterocycles. The van der Waals surface area contributed by atoms with Gasteiger partial charge in [0.25, 0.3) is 0 Å². The van der Waals surface area contributed by atoms with Crippen molar-refractivity contribution in [2.24, 2.45) is 11.1 Å². The molecule has 0 aromatic heterocycles. The van der Waals surface area contributed by atoms with E-state index in [1.165, 1.54) is 5.56 Å². The number of benzene rings is 2. The Morgan fingerprint density at radius 3 is 2.61 bits per heavy atom. The lowest BCUT2D eigenvalue weighted by Gasteiger charge is -2.21. The van der Waals surface area contributed by atoms with Crippen LogP contribution in [-0.4, -0.2) is 18.8 Å². The summed E-state index contributed by atoms with van der Waals surface area (Å²) in [6.45, 7) is 3.61. The van der Waals surface area contributed by atoms with Crippen LogP contribution in [0.4, 0.5) is 0 Å². The number of hydrogen-bond acceptors (Lipinski definition) is 4. The molecule has 2 aromatic rings. The van der Waals surface area contributed by atoms with Gasteiger partial charge < -0.3 is 9.57 Å². The van der Waals surface area contributed by atoms with E-state index in [1.54, 1.807) is 21.0 Å². The van der Waals surface area contributed by atoms with Crippen LogP contribution < -0.4 is 4.74 Å². The zero-order chi connectivity index (χ0) is 16.4. The number of fused-ring (bicyclic) bond motifs is 3. The molecule has 0 fully saturated rings. The Morgan fingerprint density at radius 1 is 1.17 bits per heavy atom. The van der Waals surface area contributed by atoms with Gasteiger partial charge in [-0.1, -0.05) is 43.3 Å². The van der Waals surface area contributed by atoms with Gasteiger partial charge in [0.2, 0.25) is 0 Å². The van der Waals surface area contributed by atoms with Crippen molar-refractivity contribution in [2.75, 3.05) is 7.11 Å². The average molecular weight is 311 g/mol. The molecule has 1 aliphatic carbocycles. The van der Waals surface area contributed by atoms with Gasteiger partial charge >= 0.3 is 5.97 Å². The van der Waals surface area contributed by atoms with Crippen LogP contribution in [0.2, 0.25) is 0 Å². The van der Waals surface area contributed by atoms with Crippen molar-refractivity contribution in [3.8, 4) is 5.75 Å². The van der Waals surface area contributed by atoms with Crippen molar-refractivity contribution in [3.05, 3.63) is 41.5 Å². The number of carbonyl (C=O) groups excluding carboxylic acids is 1. The lowest BCUT2D eigenvalue weighted by molar-refractivity contribution is -0.147. The monoisotopic (exact) mass is 311 g/mol. The number of rotatable bonds is 3. The summed E-state index contributed by atoms with van der Waals surface area (Å²) in [6, 6.07) is 10.2. The normalized spacial score (nSPS) is 15.7. The Hall–Kier alpha value is -2.36. The molecule has 4 nitrogen and oxygen atoms in total. The maximum Gasteiger partial charge on any atom is 0.337 e. The molecule has 1 aliphatic rings. The van der Waals surface area contributed by atoms with Crippen LogP contribution in [0.3, 0.4) is 0 Å². The molecule has 0 radical (unpaired) electrons. The third kappa shape index (κ3) is 2.93. The van der Waals surface area contributed by atoms with Gasteiger partial charge in [-0.15, -0.1) is 0 Å². The van der Waals surface area contributed by atoms with Crippen molar-refractivity contribution >= 4 is 22.5 Å². The highest BCUT2D eigenvalue weighted by Crippen LogP contribution is 2.35. The summed E-state index contributed by atoms with van der Waals surface area (Å²) in [4.78, 5) is 16.8. The van der Waals surface area contributed by atoms with E-state index in [9.17, 15) is 4.79 Å². The summed E-state index contributed by atoms with van der Waals surface area (Å²) in [5, 5.41) is 6.33. The van der Waals surface area contributed by atoms with Crippen molar-refractivity contribution in [1.29, 1.82) is 0 Å². The Labute approximate surface area is 136 Å². The second-order valence-electron chi connectivity index (χ2n) is 6.12. The molecule has 0 amide bonds. The van der Waals surface area contributed by atoms with Gasteiger partial charge in [0.15, 0.2) is 0 Å². The summed E-state index contributed by atoms with van der Waals surface area (Å²) in [5.74, 6) is 0.386. The standard InChI is InChI=1S/C19H21NO3/c1-12(2)19(21)23-20-16-10-6-7-13-11-17(22-3)14-8-4-5-9-15(14)18(13)16/h4-5,8-9,11-12H,6-7,10H2,1-3H3. The zero-order valence-electron chi connectivity index (χ0n) is 13.8. The first kappa shape index (κ1) is 15.5. The number of ether oxygens (including phenoxy) is 1. The minimum absolute atomic E-state index is 0.185. The molecule has 23 heavy (non-hydrogen) atoms. The van der Waals surface area contributed by atoms with Crippen LogP contribution in [-0.2, 0) is 16.1 Å². The van der Waals surface area contributed by atoms with E-state index in [1.807, 2.05) is 18.2 Å². The number of methoxy groups -OCH3 is 1. The van der Waals surface area contributed by atoms with Crippen LogP contribution in [0.5, 0.6) is 5.75 Å². The third-order valence-electron chi connectivity index (χ3n) is 4.17. The first-order valence-corrected chi connectivity index (χ1v) is 7.98. The van der Waals surface area contributed by atoms with Gasteiger partial charge in [-0.2, -0.15) is 0 Å². The van der Waals surface area contributed by atoms with Gasteiger partial charge in [-0.25, -0.2) is 4.79 Å². The largest absolute Gasteiger partial charge is 0.496 e. The van der Waals surface area contributed by atoms with E-state index in [-0.39, 0.29) is 11.9 Å². The molecule has 0 unspecified atom stereocenters. The fraction of sp³-hybridized carbons (Fsp3) is 0.368. The molecular weight excluding hydrogens is 290 g/mol. The van der Waals surface area contributed by atoms with Crippen LogP contribution in [0, 0.1) is 5.92 Å². The Bertz CT molecular complexity index is 778. The van der Waals surface area contributed by atoms with Crippen LogP contribution in [0.25, 0.3) is 10.8 Å². The summed E-state index contributed by atoms with van der Waals surface area (Å²) in [6.07, 6.45) is 2.79. The lowest BCUT2D eigenvalue weighted by Crippen LogP contribution is -2.16. The summed E-state index contributed by atoms with van der Waals surface area (Å²) in [7, 11) is 1.69. The average Bonchev–Trinajstić information content (AvgIpc) is 2.58. The van der Waals surface area contributed by atoms with Crippen molar-refractivity contribution in [1.82, 2.24) is 0 Å². The van der Waals surface area contributed by atoms with E-state index >= 15 is 0 Å². The number of aryl methyl sites for hydroxylation is 1. The van der Waals surface area contributed by atoms with Gasteiger partial charge in [-0.3, -0.25) is 0 Å². The summed E-state index contributed by atoms with van der Waals surface area (Å²) in [5.41, 5.74) is 3.13. The predicted molar refractivity (Wildman–Crippen MR) is 90.9 cm³/mol. The van der Waals surface area contributed by atoms with E-state index in [0.717, 1.165) is 47.1 Å². The Kier molecular flexibility index (Phi) is 4.33. The maximum atomic E-state index is 11.7. The minimum Gasteiger partial charge on any atom is -0.496 e. The van der Waals surface area contributed by atoms with E-state index in [2.05, 4.69) is 17.3 Å². The van der Waals surface area contributed by atoms with Crippen LogP contribution in [0.1, 0.15) is 37.8 Å². The van der Waals surface area contributed by atoms with Gasteiger partial charge in [0.05, 0.1) is 18.7 Å². The first-order chi connectivity index (χ1) is 11.1. The van der Waals surface area contributed by atoms with E-state index in [0.29, 0.717) is 0 Å². The van der Waals surface area contributed by atoms with Crippen molar-refractivity contribution < 1.29 is 14.4 Å². The SMILES string of the molecule is COc1cc2c(c3ccccc13)C(=NOC(=O)C(C)C)CCC2. The van der Waals surface area contributed by atoms with Gasteiger partial charge in [0, 0.05) is 10.9 Å². The maximum absolute atomic E-state index is 11.7. The summed E-state index contributed by atoms with van der Waals surface area (Å²) >= 11 is 0. The molecule has 4 heteroatoms. The molecule has 0 heterocycles. The number of carbonyl (C=O) groups is 1. The quantitative estimate of drug-likeness (QED) is 0.633. The highest BCUT2D eigenvalue weighted by Gasteiger charge is 2.22. The number of hydrogen-bond donors (Lipinski definition) is 0. The van der Waals surface area contributed by atoms with Crippen LogP contribution >= 0.6 is 0 Å². The molecule has 0 N–H and O–H groups in total. The fourth-order valence-corrected chi connectivity index (χ4v) is 2.97. The third-order valence-corrected chi connectivity index (χ3v) is 4.17. The topological polar surface area (TPSA) is 47.9 Å². The van der Waals surface area contributed by atoms with Crippen molar-refractivity contribution in [2.45, 2.75) is 33.1 Å². The lowest BCUT2D eigenvalue weighted by atomic mass is 9.86. The number of nitrogens with zero attached hydrogens (tertiary/aromatic N) is 1. The Balaban J connectivity index is 2.12. The van der Waals surface area contributed by atoms with Crippen molar-refractivity contribution in [3.63, 3.8) is 0 Å². The second-order valence-corrected chi connectivity index (χ2v) is 6.12. The predicted octanol–water partition coefficient (Wildman–Crippen LogP) is 4.09. The molecule has 0 atom stereocenters. The number of oxime groups is 1. The zero-order valence-corrected chi connectivity index (χ0v) is 13.8. The molecular formula is C19H21NO3. The molecule has 0 saturated heterocycles. The Morgan fingerprint density at radius 2 is 1.91 bits per heavy atom.